The number of hydrogen-bond acceptors (Lipinski definition) is 3. The van der Waals surface area contributed by atoms with Crippen molar-refractivity contribution in [2.75, 3.05) is 12.4 Å². The summed E-state index contributed by atoms with van der Waals surface area (Å²) in [6.07, 6.45) is 0.218. The van der Waals surface area contributed by atoms with E-state index in [-0.39, 0.29) is 17.2 Å². The summed E-state index contributed by atoms with van der Waals surface area (Å²) in [5.41, 5.74) is 1.94. The number of anilines is 1. The highest BCUT2D eigenvalue weighted by atomic mass is 79.9. The second-order valence-electron chi connectivity index (χ2n) is 5.04. The van der Waals surface area contributed by atoms with Gasteiger partial charge >= 0.3 is 0 Å². The van der Waals surface area contributed by atoms with Crippen LogP contribution < -0.4 is 10.0 Å². The lowest BCUT2D eigenvalue weighted by atomic mass is 10.1. The minimum Gasteiger partial charge on any atom is -0.326 e. The van der Waals surface area contributed by atoms with Crippen LogP contribution in [-0.2, 0) is 21.2 Å². The summed E-state index contributed by atoms with van der Waals surface area (Å²) in [6, 6.07) is 12.3. The van der Waals surface area contributed by atoms with Crippen molar-refractivity contribution >= 4 is 37.5 Å². The van der Waals surface area contributed by atoms with E-state index < -0.39 is 10.0 Å². The van der Waals surface area contributed by atoms with Crippen LogP contribution in [0.15, 0.2) is 51.8 Å². The van der Waals surface area contributed by atoms with Gasteiger partial charge < -0.3 is 5.32 Å². The van der Waals surface area contributed by atoms with Crippen molar-refractivity contribution in [2.24, 2.45) is 0 Å². The zero-order valence-electron chi connectivity index (χ0n) is 12.8. The number of carbonyl (C=O) groups excluding carboxylic acids is 1. The molecule has 2 aromatic carbocycles. The Hall–Kier alpha value is -1.70. The Morgan fingerprint density at radius 2 is 1.78 bits per heavy atom. The summed E-state index contributed by atoms with van der Waals surface area (Å²) < 4.78 is 27.1. The number of hydrogen-bond donors (Lipinski definition) is 2. The predicted octanol–water partition coefficient (Wildman–Crippen LogP) is 2.85. The average Bonchev–Trinajstić information content (AvgIpc) is 2.51. The Morgan fingerprint density at radius 3 is 2.39 bits per heavy atom. The Kier molecular flexibility index (Phi) is 5.56. The normalized spacial score (nSPS) is 11.3. The first-order chi connectivity index (χ1) is 10.8. The number of nitrogens with one attached hydrogen (secondary N) is 2. The van der Waals surface area contributed by atoms with E-state index in [1.54, 1.807) is 19.1 Å². The lowest BCUT2D eigenvalue weighted by Crippen LogP contribution is -2.20. The van der Waals surface area contributed by atoms with Crippen molar-refractivity contribution in [2.45, 2.75) is 18.2 Å². The zero-order chi connectivity index (χ0) is 17.0. The molecule has 2 N–H and O–H groups in total. The molecule has 7 heteroatoms. The third-order valence-corrected chi connectivity index (χ3v) is 5.39. The fraction of sp³-hybridized carbons (Fsp3) is 0.188. The van der Waals surface area contributed by atoms with E-state index in [2.05, 4.69) is 26.0 Å². The molecule has 0 saturated heterocycles. The van der Waals surface area contributed by atoms with Gasteiger partial charge in [0.05, 0.1) is 11.3 Å². The fourth-order valence-corrected chi connectivity index (χ4v) is 3.33. The topological polar surface area (TPSA) is 75.3 Å². The number of sulfonamides is 1. The van der Waals surface area contributed by atoms with Crippen LogP contribution >= 0.6 is 15.9 Å². The summed E-state index contributed by atoms with van der Waals surface area (Å²) >= 11 is 3.34. The molecule has 0 radical (unpaired) electrons. The molecular weight excluding hydrogens is 380 g/mol. The third kappa shape index (κ3) is 4.63. The minimum atomic E-state index is -3.56. The maximum Gasteiger partial charge on any atom is 0.240 e. The maximum atomic E-state index is 12.1. The van der Waals surface area contributed by atoms with Crippen molar-refractivity contribution in [3.8, 4) is 0 Å². The number of carbonyl (C=O) groups is 1. The number of rotatable bonds is 5. The monoisotopic (exact) mass is 396 g/mol. The number of aryl methyl sites for hydroxylation is 1. The first kappa shape index (κ1) is 17.7. The Balaban J connectivity index is 2.15. The first-order valence-electron chi connectivity index (χ1n) is 6.90. The zero-order valence-corrected chi connectivity index (χ0v) is 15.2. The summed E-state index contributed by atoms with van der Waals surface area (Å²) in [4.78, 5) is 12.2. The van der Waals surface area contributed by atoms with Crippen molar-refractivity contribution in [3.63, 3.8) is 0 Å². The highest BCUT2D eigenvalue weighted by molar-refractivity contribution is 9.10. The van der Waals surface area contributed by atoms with E-state index in [1.807, 2.05) is 24.3 Å². The first-order valence-corrected chi connectivity index (χ1v) is 9.18. The highest BCUT2D eigenvalue weighted by Gasteiger charge is 2.15. The molecule has 0 spiro atoms. The molecule has 0 aliphatic heterocycles. The molecule has 1 amide bonds. The van der Waals surface area contributed by atoms with Crippen LogP contribution in [0.5, 0.6) is 0 Å². The molecule has 122 valence electrons. The van der Waals surface area contributed by atoms with E-state index in [0.29, 0.717) is 11.3 Å². The van der Waals surface area contributed by atoms with Crippen LogP contribution in [0, 0.1) is 6.92 Å². The minimum absolute atomic E-state index is 0.154. The molecule has 0 bridgehead atoms. The summed E-state index contributed by atoms with van der Waals surface area (Å²) in [6.45, 7) is 1.71. The van der Waals surface area contributed by atoms with Gasteiger partial charge in [-0.25, -0.2) is 13.1 Å². The molecule has 0 saturated carbocycles. The van der Waals surface area contributed by atoms with Crippen LogP contribution in [0.2, 0.25) is 0 Å². The van der Waals surface area contributed by atoms with Crippen LogP contribution in [-0.4, -0.2) is 21.4 Å². The van der Waals surface area contributed by atoms with Gasteiger partial charge in [0.25, 0.3) is 0 Å². The van der Waals surface area contributed by atoms with Crippen molar-refractivity contribution in [1.82, 2.24) is 4.72 Å². The molecule has 0 aliphatic rings. The SMILES string of the molecule is CNS(=O)(=O)c1cc(NC(=O)Cc2ccc(Br)cc2)ccc1C. The van der Waals surface area contributed by atoms with E-state index in [1.165, 1.54) is 13.1 Å². The van der Waals surface area contributed by atoms with Crippen molar-refractivity contribution in [3.05, 3.63) is 58.1 Å². The largest absolute Gasteiger partial charge is 0.326 e. The van der Waals surface area contributed by atoms with Gasteiger partial charge in [-0.2, -0.15) is 0 Å². The summed E-state index contributed by atoms with van der Waals surface area (Å²) in [5, 5.41) is 2.73. The van der Waals surface area contributed by atoms with E-state index in [0.717, 1.165) is 10.0 Å². The van der Waals surface area contributed by atoms with Gasteiger partial charge in [0, 0.05) is 10.2 Å². The molecule has 0 aromatic heterocycles. The van der Waals surface area contributed by atoms with Crippen LogP contribution in [0.25, 0.3) is 0 Å². The van der Waals surface area contributed by atoms with Gasteiger partial charge in [0.15, 0.2) is 0 Å². The van der Waals surface area contributed by atoms with Crippen molar-refractivity contribution in [1.29, 1.82) is 0 Å². The highest BCUT2D eigenvalue weighted by Crippen LogP contribution is 2.20. The van der Waals surface area contributed by atoms with Crippen LogP contribution in [0.4, 0.5) is 5.69 Å². The fourth-order valence-electron chi connectivity index (χ4n) is 2.07. The molecule has 0 fully saturated rings. The quantitative estimate of drug-likeness (QED) is 0.815. The smallest absolute Gasteiger partial charge is 0.240 e. The average molecular weight is 397 g/mol. The van der Waals surface area contributed by atoms with Crippen molar-refractivity contribution < 1.29 is 13.2 Å². The van der Waals surface area contributed by atoms with E-state index >= 15 is 0 Å². The second-order valence-corrected chi connectivity index (χ2v) is 7.81. The Morgan fingerprint density at radius 1 is 1.13 bits per heavy atom. The van der Waals surface area contributed by atoms with Gasteiger partial charge in [-0.3, -0.25) is 4.79 Å². The standard InChI is InChI=1S/C16H17BrN2O3S/c1-11-3-8-14(10-15(11)23(21,22)18-2)19-16(20)9-12-4-6-13(17)7-5-12/h3-8,10,18H,9H2,1-2H3,(H,19,20). The Labute approximate surface area is 144 Å². The van der Waals surface area contributed by atoms with Crippen LogP contribution in [0.3, 0.4) is 0 Å². The Bertz CT molecular complexity index is 818. The van der Waals surface area contributed by atoms with Gasteiger partial charge in [-0.1, -0.05) is 34.1 Å². The molecule has 2 rings (SSSR count). The van der Waals surface area contributed by atoms with Gasteiger partial charge in [0.1, 0.15) is 0 Å². The number of benzene rings is 2. The van der Waals surface area contributed by atoms with Gasteiger partial charge in [-0.05, 0) is 49.4 Å². The molecule has 0 aliphatic carbocycles. The molecular formula is C16H17BrN2O3S. The molecule has 0 unspecified atom stereocenters. The summed E-state index contributed by atoms with van der Waals surface area (Å²) in [7, 11) is -2.20. The lowest BCUT2D eigenvalue weighted by Gasteiger charge is -2.10. The number of halogens is 1. The third-order valence-electron chi connectivity index (χ3n) is 3.31. The van der Waals surface area contributed by atoms with Crippen LogP contribution in [0.1, 0.15) is 11.1 Å². The molecule has 2 aromatic rings. The van der Waals surface area contributed by atoms with E-state index in [4.69, 9.17) is 0 Å². The maximum absolute atomic E-state index is 12.1. The molecule has 23 heavy (non-hydrogen) atoms. The molecule has 5 nitrogen and oxygen atoms in total. The predicted molar refractivity (Wildman–Crippen MR) is 93.9 cm³/mol. The van der Waals surface area contributed by atoms with Gasteiger partial charge in [0.2, 0.25) is 15.9 Å². The molecule has 0 heterocycles. The lowest BCUT2D eigenvalue weighted by molar-refractivity contribution is -0.115. The van der Waals surface area contributed by atoms with Gasteiger partial charge in [-0.15, -0.1) is 0 Å². The summed E-state index contributed by atoms with van der Waals surface area (Å²) in [5.74, 6) is -0.205. The number of amides is 1. The van der Waals surface area contributed by atoms with E-state index in [9.17, 15) is 13.2 Å². The second kappa shape index (κ2) is 7.25. The molecule has 0 atom stereocenters.